The van der Waals surface area contributed by atoms with E-state index in [4.69, 9.17) is 10.5 Å². The number of ether oxygens (including phenoxy) is 1. The molecule has 2 heterocycles. The molecule has 0 saturated heterocycles. The second kappa shape index (κ2) is 7.39. The van der Waals surface area contributed by atoms with Crippen LogP contribution in [0.5, 0.6) is 0 Å². The van der Waals surface area contributed by atoms with Gasteiger partial charge in [-0.3, -0.25) is 9.79 Å². The molecule has 1 aromatic carbocycles. The number of aliphatic imine (C=N–C) groups is 1. The van der Waals surface area contributed by atoms with Gasteiger partial charge in [0.05, 0.1) is 6.61 Å². The molecule has 7 nitrogen and oxygen atoms in total. The van der Waals surface area contributed by atoms with Gasteiger partial charge in [0.2, 0.25) is 0 Å². The van der Waals surface area contributed by atoms with E-state index in [0.717, 1.165) is 6.07 Å². The Bertz CT molecular complexity index is 883. The minimum absolute atomic E-state index is 0.0324. The molecule has 0 fully saturated rings. The van der Waals surface area contributed by atoms with Crippen molar-refractivity contribution < 1.29 is 22.7 Å². The van der Waals surface area contributed by atoms with Crippen molar-refractivity contribution in [3.05, 3.63) is 47.8 Å². The molecule has 0 saturated carbocycles. The SMILES string of the molecule is Cn1ccnc1C(=O)Nc1ccc(F)c(CC2(C(F)F)COCC(N)=N2)c1. The number of carbonyl (C=O) groups excluding carboxylic acids is 1. The first kappa shape index (κ1) is 18.9. The van der Waals surface area contributed by atoms with E-state index >= 15 is 0 Å². The second-order valence-electron chi connectivity index (χ2n) is 6.30. The molecule has 3 rings (SSSR count). The van der Waals surface area contributed by atoms with Gasteiger partial charge in [-0.2, -0.15) is 0 Å². The Labute approximate surface area is 153 Å². The number of anilines is 1. The summed E-state index contributed by atoms with van der Waals surface area (Å²) in [6.45, 7) is -0.425. The monoisotopic (exact) mass is 381 g/mol. The van der Waals surface area contributed by atoms with E-state index in [-0.39, 0.29) is 36.1 Å². The van der Waals surface area contributed by atoms with Crippen LogP contribution in [-0.2, 0) is 18.2 Å². The molecule has 10 heteroatoms. The number of carbonyl (C=O) groups is 1. The Hall–Kier alpha value is -2.88. The third-order valence-corrected chi connectivity index (χ3v) is 4.20. The quantitative estimate of drug-likeness (QED) is 0.825. The Morgan fingerprint density at radius 3 is 2.89 bits per heavy atom. The predicted octanol–water partition coefficient (Wildman–Crippen LogP) is 1.75. The molecule has 0 bridgehead atoms. The number of nitrogens with two attached hydrogens (primary N) is 1. The van der Waals surface area contributed by atoms with E-state index in [0.29, 0.717) is 0 Å². The van der Waals surface area contributed by atoms with Crippen molar-refractivity contribution in [1.29, 1.82) is 0 Å². The lowest BCUT2D eigenvalue weighted by molar-refractivity contribution is -0.0103. The van der Waals surface area contributed by atoms with Gasteiger partial charge in [0.15, 0.2) is 11.4 Å². The summed E-state index contributed by atoms with van der Waals surface area (Å²) in [5.74, 6) is -1.11. The lowest BCUT2D eigenvalue weighted by Crippen LogP contribution is -2.48. The number of nitrogens with zero attached hydrogens (tertiary/aromatic N) is 3. The summed E-state index contributed by atoms with van der Waals surface area (Å²) in [6, 6.07) is 3.73. The van der Waals surface area contributed by atoms with Gasteiger partial charge in [0, 0.05) is 31.5 Å². The fraction of sp³-hybridized carbons (Fsp3) is 0.353. The summed E-state index contributed by atoms with van der Waals surface area (Å²) in [5, 5.41) is 2.57. The van der Waals surface area contributed by atoms with Crippen LogP contribution in [0.4, 0.5) is 18.9 Å². The molecule has 2 aromatic rings. The summed E-state index contributed by atoms with van der Waals surface area (Å²) in [6.07, 6.45) is -0.267. The van der Waals surface area contributed by atoms with Gasteiger partial charge in [-0.05, 0) is 23.8 Å². The number of alkyl halides is 2. The molecular formula is C17H18F3N5O2. The molecule has 1 aliphatic rings. The fourth-order valence-corrected chi connectivity index (χ4v) is 2.85. The highest BCUT2D eigenvalue weighted by molar-refractivity contribution is 6.01. The molecule has 1 amide bonds. The number of aromatic nitrogens is 2. The van der Waals surface area contributed by atoms with Crippen molar-refractivity contribution in [2.24, 2.45) is 17.8 Å². The summed E-state index contributed by atoms with van der Waals surface area (Å²) in [7, 11) is 1.65. The first-order valence-corrected chi connectivity index (χ1v) is 8.08. The summed E-state index contributed by atoms with van der Waals surface area (Å²) in [4.78, 5) is 20.0. The average molecular weight is 381 g/mol. The largest absolute Gasteiger partial charge is 0.386 e. The number of amidine groups is 1. The zero-order valence-electron chi connectivity index (χ0n) is 14.5. The third kappa shape index (κ3) is 3.95. The minimum atomic E-state index is -2.90. The summed E-state index contributed by atoms with van der Waals surface area (Å²) < 4.78 is 48.2. The van der Waals surface area contributed by atoms with Gasteiger partial charge in [-0.1, -0.05) is 0 Å². The van der Waals surface area contributed by atoms with Gasteiger partial charge < -0.3 is 20.4 Å². The van der Waals surface area contributed by atoms with Gasteiger partial charge >= 0.3 is 0 Å². The molecule has 3 N–H and O–H groups in total. The third-order valence-electron chi connectivity index (χ3n) is 4.20. The van der Waals surface area contributed by atoms with Crippen molar-refractivity contribution in [2.75, 3.05) is 18.5 Å². The minimum Gasteiger partial charge on any atom is -0.386 e. The number of imidazole rings is 1. The molecule has 1 unspecified atom stereocenters. The first-order chi connectivity index (χ1) is 12.8. The zero-order valence-corrected chi connectivity index (χ0v) is 14.5. The van der Waals surface area contributed by atoms with Crippen LogP contribution in [0.15, 0.2) is 35.6 Å². The van der Waals surface area contributed by atoms with Crippen LogP contribution in [0.25, 0.3) is 0 Å². The lowest BCUT2D eigenvalue weighted by atomic mass is 9.91. The van der Waals surface area contributed by atoms with Gasteiger partial charge in [-0.15, -0.1) is 0 Å². The number of aryl methyl sites for hydroxylation is 1. The van der Waals surface area contributed by atoms with E-state index in [9.17, 15) is 18.0 Å². The number of rotatable bonds is 5. The normalized spacial score (nSPS) is 19.8. The highest BCUT2D eigenvalue weighted by Gasteiger charge is 2.43. The maximum atomic E-state index is 14.2. The van der Waals surface area contributed by atoms with Crippen LogP contribution in [0.1, 0.15) is 16.2 Å². The van der Waals surface area contributed by atoms with Gasteiger partial charge in [0.1, 0.15) is 18.3 Å². The van der Waals surface area contributed by atoms with Crippen LogP contribution in [0.2, 0.25) is 0 Å². The molecular weight excluding hydrogens is 363 g/mol. The Balaban J connectivity index is 1.86. The van der Waals surface area contributed by atoms with Crippen molar-refractivity contribution >= 4 is 17.4 Å². The molecule has 0 aliphatic carbocycles. The van der Waals surface area contributed by atoms with E-state index in [1.807, 2.05) is 0 Å². The average Bonchev–Trinajstić information content (AvgIpc) is 3.04. The maximum absolute atomic E-state index is 14.2. The molecule has 1 aliphatic heterocycles. The van der Waals surface area contributed by atoms with E-state index in [1.54, 1.807) is 13.2 Å². The van der Waals surface area contributed by atoms with Crippen LogP contribution in [0.3, 0.4) is 0 Å². The van der Waals surface area contributed by atoms with Crippen LogP contribution >= 0.6 is 0 Å². The molecule has 1 atom stereocenters. The first-order valence-electron chi connectivity index (χ1n) is 8.08. The Morgan fingerprint density at radius 1 is 1.48 bits per heavy atom. The number of amides is 1. The van der Waals surface area contributed by atoms with E-state index < -0.39 is 30.1 Å². The molecule has 27 heavy (non-hydrogen) atoms. The number of benzene rings is 1. The van der Waals surface area contributed by atoms with Crippen molar-refractivity contribution in [3.63, 3.8) is 0 Å². The van der Waals surface area contributed by atoms with E-state index in [1.165, 1.54) is 22.9 Å². The highest BCUT2D eigenvalue weighted by Crippen LogP contribution is 2.30. The predicted molar refractivity (Wildman–Crippen MR) is 92.4 cm³/mol. The number of nitrogens with one attached hydrogen (secondary N) is 1. The number of hydrogen-bond donors (Lipinski definition) is 2. The van der Waals surface area contributed by atoms with Crippen LogP contribution in [0, 0.1) is 5.82 Å². The molecule has 1 aromatic heterocycles. The Kier molecular flexibility index (Phi) is 5.17. The number of halogens is 3. The lowest BCUT2D eigenvalue weighted by Gasteiger charge is -2.32. The summed E-state index contributed by atoms with van der Waals surface area (Å²) in [5.41, 5.74) is 3.78. The van der Waals surface area contributed by atoms with Crippen molar-refractivity contribution in [2.45, 2.75) is 18.4 Å². The van der Waals surface area contributed by atoms with Gasteiger partial charge in [0.25, 0.3) is 12.3 Å². The highest BCUT2D eigenvalue weighted by atomic mass is 19.3. The molecule has 144 valence electrons. The van der Waals surface area contributed by atoms with Crippen molar-refractivity contribution in [1.82, 2.24) is 9.55 Å². The second-order valence-corrected chi connectivity index (χ2v) is 6.30. The van der Waals surface area contributed by atoms with Crippen LogP contribution in [-0.4, -0.2) is 46.5 Å². The standard InChI is InChI=1S/C17H18F3N5O2/c1-25-5-4-22-14(25)15(26)23-11-2-3-12(18)10(6-11)7-17(16(19)20)9-27-8-13(21)24-17/h2-6,16H,7-9H2,1H3,(H2,21,24)(H,23,26). The zero-order chi connectivity index (χ0) is 19.6. The van der Waals surface area contributed by atoms with Crippen molar-refractivity contribution in [3.8, 4) is 0 Å². The Morgan fingerprint density at radius 2 is 2.26 bits per heavy atom. The topological polar surface area (TPSA) is 94.5 Å². The fourth-order valence-electron chi connectivity index (χ4n) is 2.85. The van der Waals surface area contributed by atoms with E-state index in [2.05, 4.69) is 15.3 Å². The molecule has 0 spiro atoms. The number of hydrogen-bond acceptors (Lipinski definition) is 5. The van der Waals surface area contributed by atoms with Gasteiger partial charge in [-0.25, -0.2) is 18.2 Å². The maximum Gasteiger partial charge on any atom is 0.291 e. The summed E-state index contributed by atoms with van der Waals surface area (Å²) >= 11 is 0. The molecule has 0 radical (unpaired) electrons. The smallest absolute Gasteiger partial charge is 0.291 e. The van der Waals surface area contributed by atoms with Crippen LogP contribution < -0.4 is 11.1 Å².